The van der Waals surface area contributed by atoms with E-state index in [2.05, 4.69) is 26.3 Å². The zero-order chi connectivity index (χ0) is 25.9. The molecule has 3 heterocycles. The zero-order valence-electron chi connectivity index (χ0n) is 18.8. The van der Waals surface area contributed by atoms with Gasteiger partial charge in [0.05, 0.1) is 23.1 Å². The van der Waals surface area contributed by atoms with Gasteiger partial charge in [0, 0.05) is 24.0 Å². The molecule has 6 rings (SSSR count). The predicted octanol–water partition coefficient (Wildman–Crippen LogP) is 3.87. The van der Waals surface area contributed by atoms with Crippen LogP contribution in [0, 0.1) is 5.82 Å². The van der Waals surface area contributed by atoms with Gasteiger partial charge in [-0.25, -0.2) is 14.2 Å². The molecule has 5 N–H and O–H groups in total. The predicted molar refractivity (Wildman–Crippen MR) is 122 cm³/mol. The lowest BCUT2D eigenvalue weighted by molar-refractivity contribution is -0.139. The Morgan fingerprint density at radius 1 is 1.19 bits per heavy atom. The van der Waals surface area contributed by atoms with Crippen molar-refractivity contribution in [3.05, 3.63) is 71.2 Å². The highest BCUT2D eigenvalue weighted by Crippen LogP contribution is 2.54. The summed E-state index contributed by atoms with van der Waals surface area (Å²) in [6.45, 7) is 0.352. The van der Waals surface area contributed by atoms with Crippen molar-refractivity contribution in [2.24, 2.45) is 0 Å². The fourth-order valence-electron chi connectivity index (χ4n) is 4.59. The molecule has 2 amide bonds. The number of hydrogen-bond donors (Lipinski definition) is 5. The molecule has 13 heteroatoms. The minimum atomic E-state index is -4.88. The first-order chi connectivity index (χ1) is 17.7. The Morgan fingerprint density at radius 3 is 2.84 bits per heavy atom. The Balaban J connectivity index is 1.13. The third-order valence-electron chi connectivity index (χ3n) is 6.37. The van der Waals surface area contributed by atoms with Gasteiger partial charge in [-0.15, -0.1) is 0 Å². The molecule has 2 aliphatic heterocycles. The number of fused-ring (bicyclic) bond motifs is 4. The number of benzene rings is 2. The maximum atomic E-state index is 13.5. The summed E-state index contributed by atoms with van der Waals surface area (Å²) in [5.74, 6) is 0.661. The highest BCUT2D eigenvalue weighted by Gasteiger charge is 2.59. The zero-order valence-corrected chi connectivity index (χ0v) is 18.8. The van der Waals surface area contributed by atoms with Crippen LogP contribution in [0.25, 0.3) is 0 Å². The number of hydrogen-bond acceptors (Lipinski definition) is 7. The van der Waals surface area contributed by atoms with Crippen molar-refractivity contribution in [2.45, 2.75) is 37.1 Å². The number of pyridine rings is 1. The van der Waals surface area contributed by atoms with Gasteiger partial charge in [-0.3, -0.25) is 5.32 Å². The Morgan fingerprint density at radius 2 is 2.03 bits per heavy atom. The van der Waals surface area contributed by atoms with Crippen LogP contribution >= 0.6 is 0 Å². The van der Waals surface area contributed by atoms with Crippen LogP contribution in [0.2, 0.25) is 0 Å². The molecule has 0 spiro atoms. The molecule has 1 aromatic heterocycles. The number of aromatic nitrogens is 1. The number of nitrogens with zero attached hydrogens (tertiary/aromatic N) is 1. The van der Waals surface area contributed by atoms with Crippen molar-refractivity contribution in [3.63, 3.8) is 0 Å². The smallest absolute Gasteiger partial charge is 0.419 e. The lowest BCUT2D eigenvalue weighted by atomic mass is 10.1. The number of amides is 2. The molecule has 3 aromatic rings. The van der Waals surface area contributed by atoms with Gasteiger partial charge in [0.1, 0.15) is 35.0 Å². The average molecular weight is 517 g/mol. The summed E-state index contributed by atoms with van der Waals surface area (Å²) in [4.78, 5) is 16.6. The van der Waals surface area contributed by atoms with Crippen LogP contribution in [0.4, 0.5) is 33.9 Å². The summed E-state index contributed by atoms with van der Waals surface area (Å²) >= 11 is 0. The molecule has 192 valence electrons. The topological polar surface area (TPSA) is 117 Å². The number of carbonyl (C=O) groups excluding carboxylic acids is 1. The largest absolute Gasteiger partial charge is 0.487 e. The first-order valence-corrected chi connectivity index (χ1v) is 11.3. The summed E-state index contributed by atoms with van der Waals surface area (Å²) in [7, 11) is 0. The second-order valence-electron chi connectivity index (χ2n) is 8.79. The van der Waals surface area contributed by atoms with Crippen LogP contribution in [-0.4, -0.2) is 34.6 Å². The van der Waals surface area contributed by atoms with Crippen molar-refractivity contribution < 1.29 is 36.9 Å². The van der Waals surface area contributed by atoms with E-state index >= 15 is 0 Å². The van der Waals surface area contributed by atoms with Crippen molar-refractivity contribution in [1.82, 2.24) is 15.6 Å². The molecule has 2 aromatic carbocycles. The van der Waals surface area contributed by atoms with Gasteiger partial charge in [0.2, 0.25) is 0 Å². The van der Waals surface area contributed by atoms with E-state index in [4.69, 9.17) is 9.47 Å². The van der Waals surface area contributed by atoms with Crippen LogP contribution in [0.5, 0.6) is 17.2 Å². The van der Waals surface area contributed by atoms with Gasteiger partial charge >= 0.3 is 12.2 Å². The summed E-state index contributed by atoms with van der Waals surface area (Å²) < 4.78 is 64.3. The Kier molecular flexibility index (Phi) is 5.35. The number of nitrogens with one attached hydrogen (secondary N) is 4. The van der Waals surface area contributed by atoms with Gasteiger partial charge in [0.15, 0.2) is 6.35 Å². The molecule has 0 saturated heterocycles. The summed E-state index contributed by atoms with van der Waals surface area (Å²) in [6.07, 6.45) is -4.55. The number of anilines is 2. The number of alkyl halides is 3. The van der Waals surface area contributed by atoms with Crippen molar-refractivity contribution in [1.29, 1.82) is 0 Å². The molecule has 0 bridgehead atoms. The van der Waals surface area contributed by atoms with Gasteiger partial charge < -0.3 is 30.5 Å². The number of halogens is 4. The number of aliphatic hydroxyl groups excluding tert-OH is 1. The molecular weight excluding hydrogens is 498 g/mol. The van der Waals surface area contributed by atoms with Crippen molar-refractivity contribution in [2.75, 3.05) is 10.6 Å². The lowest BCUT2D eigenvalue weighted by Crippen LogP contribution is -2.40. The van der Waals surface area contributed by atoms with E-state index in [1.165, 1.54) is 0 Å². The number of urea groups is 1. The maximum Gasteiger partial charge on any atom is 0.419 e. The lowest BCUT2D eigenvalue weighted by Gasteiger charge is -2.24. The van der Waals surface area contributed by atoms with E-state index in [1.807, 2.05) is 0 Å². The standard InChI is InChI=1S/C24H19F4N5O4/c25-15-3-1-10(7-14(15)24(26,27)28)31-23(35)32-19-18-12-8-11(2-4-16(12)37-20(18)19)36-17-5-6-29-21-13(17)9-30-22(34)33-21/h1-8,18-20,22,30,34H,9H2,(H,29,33)(H2,31,32,35)/t18-,19-,20-,22?/m0/s1. The third-order valence-corrected chi connectivity index (χ3v) is 6.37. The summed E-state index contributed by atoms with van der Waals surface area (Å²) in [6, 6.07) is 8.14. The number of aliphatic hydroxyl groups is 1. The molecule has 1 aliphatic carbocycles. The first-order valence-electron chi connectivity index (χ1n) is 11.3. The third kappa shape index (κ3) is 4.36. The van der Waals surface area contributed by atoms with Gasteiger partial charge in [-0.1, -0.05) is 0 Å². The molecule has 3 aliphatic rings. The van der Waals surface area contributed by atoms with E-state index in [1.54, 1.807) is 30.5 Å². The van der Waals surface area contributed by atoms with Gasteiger partial charge in [-0.2, -0.15) is 13.2 Å². The van der Waals surface area contributed by atoms with Crippen LogP contribution < -0.4 is 30.7 Å². The first kappa shape index (κ1) is 23.3. The number of carbonyl (C=O) groups is 1. The second kappa shape index (κ2) is 8.49. The quantitative estimate of drug-likeness (QED) is 0.334. The van der Waals surface area contributed by atoms with Crippen LogP contribution in [0.15, 0.2) is 48.7 Å². The van der Waals surface area contributed by atoms with Crippen LogP contribution in [-0.2, 0) is 12.7 Å². The summed E-state index contributed by atoms with van der Waals surface area (Å²) in [5.41, 5.74) is -0.0779. The Bertz CT molecular complexity index is 1400. The highest BCUT2D eigenvalue weighted by molar-refractivity contribution is 5.90. The van der Waals surface area contributed by atoms with Crippen LogP contribution in [0.3, 0.4) is 0 Å². The molecule has 1 fully saturated rings. The van der Waals surface area contributed by atoms with E-state index in [9.17, 15) is 27.5 Å². The van der Waals surface area contributed by atoms with E-state index in [-0.39, 0.29) is 17.7 Å². The molecular formula is C24H19F4N5O4. The highest BCUT2D eigenvalue weighted by atomic mass is 19.4. The minimum absolute atomic E-state index is 0.159. The fourth-order valence-corrected chi connectivity index (χ4v) is 4.59. The number of rotatable bonds is 4. The van der Waals surface area contributed by atoms with Gasteiger partial charge in [0.25, 0.3) is 0 Å². The van der Waals surface area contributed by atoms with Crippen molar-refractivity contribution >= 4 is 17.5 Å². The van der Waals surface area contributed by atoms with Gasteiger partial charge in [-0.05, 0) is 42.5 Å². The Labute approximate surface area is 206 Å². The molecule has 0 radical (unpaired) electrons. The maximum absolute atomic E-state index is 13.5. The van der Waals surface area contributed by atoms with Crippen molar-refractivity contribution in [3.8, 4) is 17.2 Å². The molecule has 1 saturated carbocycles. The van der Waals surface area contributed by atoms with E-state index < -0.39 is 36.0 Å². The Hall–Kier alpha value is -4.10. The normalized spacial score (nSPS) is 23.1. The van der Waals surface area contributed by atoms with E-state index in [0.717, 1.165) is 17.2 Å². The summed E-state index contributed by atoms with van der Waals surface area (Å²) in [5, 5.41) is 20.4. The van der Waals surface area contributed by atoms with E-state index in [0.29, 0.717) is 41.7 Å². The number of ether oxygens (including phenoxy) is 2. The van der Waals surface area contributed by atoms with Crippen LogP contribution in [0.1, 0.15) is 22.6 Å². The molecule has 4 atom stereocenters. The molecule has 37 heavy (non-hydrogen) atoms. The molecule has 9 nitrogen and oxygen atoms in total. The molecule has 1 unspecified atom stereocenters. The average Bonchev–Trinajstić information content (AvgIpc) is 3.35. The monoisotopic (exact) mass is 517 g/mol. The second-order valence-corrected chi connectivity index (χ2v) is 8.79. The minimum Gasteiger partial charge on any atom is -0.487 e. The SMILES string of the molecule is O=C(Nc1ccc(F)c(C(F)(F)F)c1)N[C@@H]1[C@H]2Oc3ccc(Oc4ccnc5c4CNC(O)N5)cc3[C@@H]12. The fraction of sp³-hybridized carbons (Fsp3) is 0.250.